The number of para-hydroxylation sites is 1. The van der Waals surface area contributed by atoms with Gasteiger partial charge in [-0.2, -0.15) is 4.31 Å². The summed E-state index contributed by atoms with van der Waals surface area (Å²) in [7, 11) is -3.46. The Morgan fingerprint density at radius 1 is 1.24 bits per heavy atom. The van der Waals surface area contributed by atoms with E-state index >= 15 is 0 Å². The van der Waals surface area contributed by atoms with Crippen molar-refractivity contribution in [2.75, 3.05) is 18.1 Å². The van der Waals surface area contributed by atoms with E-state index in [9.17, 15) is 18.3 Å². The SMILES string of the molecule is CS(=O)(=O)N1CCCCC1C(=O)Nc1ccc(O)c(-c2nc3ccccc3s2)c1. The van der Waals surface area contributed by atoms with Crippen molar-refractivity contribution in [3.05, 3.63) is 42.5 Å². The largest absolute Gasteiger partial charge is 0.507 e. The molecule has 0 spiro atoms. The van der Waals surface area contributed by atoms with Gasteiger partial charge in [0.25, 0.3) is 0 Å². The molecule has 152 valence electrons. The molecule has 0 aliphatic carbocycles. The Kier molecular flexibility index (Phi) is 5.28. The first kappa shape index (κ1) is 19.8. The van der Waals surface area contributed by atoms with Crippen LogP contribution in [0, 0.1) is 0 Å². The summed E-state index contributed by atoms with van der Waals surface area (Å²) < 4.78 is 26.3. The van der Waals surface area contributed by atoms with Crippen molar-refractivity contribution in [1.29, 1.82) is 0 Å². The van der Waals surface area contributed by atoms with Gasteiger partial charge in [0.2, 0.25) is 15.9 Å². The molecule has 1 aromatic heterocycles. The van der Waals surface area contributed by atoms with Gasteiger partial charge in [0.15, 0.2) is 0 Å². The van der Waals surface area contributed by atoms with Crippen LogP contribution in [0.1, 0.15) is 19.3 Å². The number of carbonyl (C=O) groups is 1. The van der Waals surface area contributed by atoms with Crippen LogP contribution in [0.5, 0.6) is 5.75 Å². The number of rotatable bonds is 4. The molecule has 3 aromatic rings. The van der Waals surface area contributed by atoms with Crippen LogP contribution in [0.3, 0.4) is 0 Å². The van der Waals surface area contributed by atoms with Crippen LogP contribution in [0.15, 0.2) is 42.5 Å². The van der Waals surface area contributed by atoms with Crippen molar-refractivity contribution in [2.24, 2.45) is 0 Å². The number of amides is 1. The van der Waals surface area contributed by atoms with E-state index in [1.165, 1.54) is 21.7 Å². The maximum absolute atomic E-state index is 12.8. The van der Waals surface area contributed by atoms with Crippen molar-refractivity contribution in [2.45, 2.75) is 25.3 Å². The summed E-state index contributed by atoms with van der Waals surface area (Å²) in [6, 6.07) is 11.7. The van der Waals surface area contributed by atoms with E-state index in [0.717, 1.165) is 29.3 Å². The third kappa shape index (κ3) is 4.12. The molecule has 29 heavy (non-hydrogen) atoms. The molecule has 0 radical (unpaired) electrons. The standard InChI is InChI=1S/C20H21N3O4S2/c1-29(26,27)23-11-5-4-7-16(23)19(25)21-13-9-10-17(24)14(12-13)20-22-15-6-2-3-8-18(15)28-20/h2-3,6,8-10,12,16,24H,4-5,7,11H2,1H3,(H,21,25). The van der Waals surface area contributed by atoms with Gasteiger partial charge in [0.1, 0.15) is 16.8 Å². The lowest BCUT2D eigenvalue weighted by Gasteiger charge is -2.32. The molecule has 1 aliphatic heterocycles. The van der Waals surface area contributed by atoms with E-state index in [1.807, 2.05) is 24.3 Å². The fraction of sp³-hybridized carbons (Fsp3) is 0.300. The Hall–Kier alpha value is -2.49. The normalized spacial score (nSPS) is 18.0. The first-order valence-electron chi connectivity index (χ1n) is 9.29. The number of carbonyl (C=O) groups excluding carboxylic acids is 1. The minimum atomic E-state index is -3.46. The number of nitrogens with one attached hydrogen (secondary N) is 1. The Morgan fingerprint density at radius 3 is 2.79 bits per heavy atom. The zero-order valence-corrected chi connectivity index (χ0v) is 17.5. The van der Waals surface area contributed by atoms with Crippen molar-refractivity contribution in [3.63, 3.8) is 0 Å². The fourth-order valence-electron chi connectivity index (χ4n) is 3.56. The molecule has 7 nitrogen and oxygen atoms in total. The summed E-state index contributed by atoms with van der Waals surface area (Å²) >= 11 is 1.45. The highest BCUT2D eigenvalue weighted by atomic mass is 32.2. The lowest BCUT2D eigenvalue weighted by atomic mass is 10.0. The van der Waals surface area contributed by atoms with Crippen LogP contribution < -0.4 is 5.32 Å². The van der Waals surface area contributed by atoms with Crippen LogP contribution in [-0.4, -0.2) is 47.6 Å². The summed E-state index contributed by atoms with van der Waals surface area (Å²) in [5.74, 6) is -0.298. The highest BCUT2D eigenvalue weighted by Crippen LogP contribution is 2.37. The van der Waals surface area contributed by atoms with Crippen LogP contribution in [0.2, 0.25) is 0 Å². The number of aromatic hydroxyl groups is 1. The average molecular weight is 432 g/mol. The number of fused-ring (bicyclic) bond motifs is 1. The minimum absolute atomic E-state index is 0.0671. The van der Waals surface area contributed by atoms with Crippen molar-refractivity contribution in [1.82, 2.24) is 9.29 Å². The number of thiazole rings is 1. The number of sulfonamides is 1. The second kappa shape index (κ2) is 7.74. The van der Waals surface area contributed by atoms with Gasteiger partial charge in [-0.05, 0) is 43.2 Å². The fourth-order valence-corrected chi connectivity index (χ4v) is 5.68. The summed E-state index contributed by atoms with van der Waals surface area (Å²) in [6.07, 6.45) is 3.17. The number of hydrogen-bond donors (Lipinski definition) is 2. The van der Waals surface area contributed by atoms with E-state index in [0.29, 0.717) is 29.2 Å². The first-order valence-corrected chi connectivity index (χ1v) is 12.0. The van der Waals surface area contributed by atoms with Gasteiger partial charge >= 0.3 is 0 Å². The van der Waals surface area contributed by atoms with Crippen LogP contribution in [0.4, 0.5) is 5.69 Å². The highest BCUT2D eigenvalue weighted by Gasteiger charge is 2.34. The Morgan fingerprint density at radius 2 is 2.03 bits per heavy atom. The van der Waals surface area contributed by atoms with Gasteiger partial charge in [0.05, 0.1) is 22.0 Å². The molecule has 4 rings (SSSR count). The number of anilines is 1. The number of phenolic OH excluding ortho intramolecular Hbond substituents is 1. The summed E-state index contributed by atoms with van der Waals surface area (Å²) in [4.78, 5) is 17.4. The Bertz CT molecular complexity index is 1140. The van der Waals surface area contributed by atoms with Crippen LogP contribution in [0.25, 0.3) is 20.8 Å². The molecule has 1 atom stereocenters. The second-order valence-electron chi connectivity index (χ2n) is 7.09. The number of benzene rings is 2. The zero-order chi connectivity index (χ0) is 20.6. The summed E-state index contributed by atoms with van der Waals surface area (Å²) in [6.45, 7) is 0.351. The number of piperidine rings is 1. The van der Waals surface area contributed by atoms with Gasteiger partial charge in [-0.1, -0.05) is 18.6 Å². The van der Waals surface area contributed by atoms with E-state index in [1.54, 1.807) is 12.1 Å². The molecule has 1 fully saturated rings. The van der Waals surface area contributed by atoms with Gasteiger partial charge < -0.3 is 10.4 Å². The van der Waals surface area contributed by atoms with E-state index in [-0.39, 0.29) is 11.7 Å². The van der Waals surface area contributed by atoms with Crippen molar-refractivity contribution < 1.29 is 18.3 Å². The van der Waals surface area contributed by atoms with E-state index < -0.39 is 16.1 Å². The molecule has 0 bridgehead atoms. The predicted octanol–water partition coefficient (Wildman–Crippen LogP) is 3.42. The number of aromatic nitrogens is 1. The highest BCUT2D eigenvalue weighted by molar-refractivity contribution is 7.88. The molecule has 2 N–H and O–H groups in total. The minimum Gasteiger partial charge on any atom is -0.507 e. The van der Waals surface area contributed by atoms with Gasteiger partial charge in [-0.3, -0.25) is 4.79 Å². The smallest absolute Gasteiger partial charge is 0.242 e. The lowest BCUT2D eigenvalue weighted by molar-refractivity contribution is -0.120. The number of phenols is 1. The Balaban J connectivity index is 1.61. The molecule has 2 aromatic carbocycles. The van der Waals surface area contributed by atoms with Gasteiger partial charge in [0, 0.05) is 12.2 Å². The zero-order valence-electron chi connectivity index (χ0n) is 15.8. The second-order valence-corrected chi connectivity index (χ2v) is 10.1. The molecule has 1 unspecified atom stereocenters. The first-order chi connectivity index (χ1) is 13.8. The predicted molar refractivity (Wildman–Crippen MR) is 115 cm³/mol. The molecule has 0 saturated carbocycles. The third-order valence-corrected chi connectivity index (χ3v) is 7.33. The molecule has 1 saturated heterocycles. The summed E-state index contributed by atoms with van der Waals surface area (Å²) in [5, 5.41) is 13.8. The topological polar surface area (TPSA) is 99.6 Å². The molecule has 1 amide bonds. The molecule has 1 aliphatic rings. The molecule has 2 heterocycles. The number of nitrogens with zero attached hydrogens (tertiary/aromatic N) is 2. The number of hydrogen-bond acceptors (Lipinski definition) is 6. The average Bonchev–Trinajstić information content (AvgIpc) is 3.12. The molecular weight excluding hydrogens is 410 g/mol. The van der Waals surface area contributed by atoms with E-state index in [2.05, 4.69) is 10.3 Å². The molecular formula is C20H21N3O4S2. The van der Waals surface area contributed by atoms with Gasteiger partial charge in [-0.25, -0.2) is 13.4 Å². The summed E-state index contributed by atoms with van der Waals surface area (Å²) in [5.41, 5.74) is 1.85. The third-order valence-electron chi connectivity index (χ3n) is 4.97. The van der Waals surface area contributed by atoms with Crippen LogP contribution >= 0.6 is 11.3 Å². The van der Waals surface area contributed by atoms with Crippen LogP contribution in [-0.2, 0) is 14.8 Å². The monoisotopic (exact) mass is 431 g/mol. The maximum atomic E-state index is 12.8. The van der Waals surface area contributed by atoms with Crippen molar-refractivity contribution in [3.8, 4) is 16.3 Å². The van der Waals surface area contributed by atoms with Gasteiger partial charge in [-0.15, -0.1) is 11.3 Å². The maximum Gasteiger partial charge on any atom is 0.242 e. The van der Waals surface area contributed by atoms with E-state index in [4.69, 9.17) is 0 Å². The molecule has 9 heteroatoms. The van der Waals surface area contributed by atoms with Crippen molar-refractivity contribution >= 4 is 43.2 Å². The quantitative estimate of drug-likeness (QED) is 0.617. The Labute approximate surface area is 173 Å². The lowest BCUT2D eigenvalue weighted by Crippen LogP contribution is -2.49.